The quantitative estimate of drug-likeness (QED) is 0.346. The zero-order valence-corrected chi connectivity index (χ0v) is 23.8. The van der Waals surface area contributed by atoms with Crippen molar-refractivity contribution in [2.75, 3.05) is 37.6 Å². The SMILES string of the molecule is Cc1cc(NS(=O)(=O)c2cccc(Cl)c2Cl)ccc1-c1cnc2c(C(=O)N3CCC(N(C)C)C3)cnn2c1N. The maximum Gasteiger partial charge on any atom is 0.263 e. The number of likely N-dealkylation sites (N-methyl/N-ethyl adjacent to an activating group) is 1. The Bertz CT molecular complexity index is 1710. The Morgan fingerprint density at radius 2 is 1.92 bits per heavy atom. The fourth-order valence-electron chi connectivity index (χ4n) is 4.76. The maximum atomic E-state index is 13.2. The van der Waals surface area contributed by atoms with Gasteiger partial charge in [0.2, 0.25) is 0 Å². The fourth-order valence-corrected chi connectivity index (χ4v) is 6.57. The summed E-state index contributed by atoms with van der Waals surface area (Å²) in [5.74, 6) is 0.190. The first kappa shape index (κ1) is 27.2. The van der Waals surface area contributed by atoms with E-state index in [0.717, 1.165) is 17.5 Å². The van der Waals surface area contributed by atoms with Gasteiger partial charge in [-0.1, -0.05) is 35.3 Å². The van der Waals surface area contributed by atoms with E-state index in [1.165, 1.54) is 28.9 Å². The number of hydrogen-bond donors (Lipinski definition) is 2. The molecular formula is C26H27Cl2N7O3S. The molecule has 1 fully saturated rings. The molecule has 2 aromatic heterocycles. The number of aromatic nitrogens is 3. The van der Waals surface area contributed by atoms with Gasteiger partial charge < -0.3 is 15.5 Å². The monoisotopic (exact) mass is 587 g/mol. The zero-order valence-electron chi connectivity index (χ0n) is 21.5. The number of nitrogens with one attached hydrogen (secondary N) is 1. The number of rotatable bonds is 6. The molecule has 0 bridgehead atoms. The molecule has 0 spiro atoms. The highest BCUT2D eigenvalue weighted by Crippen LogP contribution is 2.33. The van der Waals surface area contributed by atoms with Crippen LogP contribution >= 0.6 is 23.2 Å². The number of likely N-dealkylation sites (tertiary alicyclic amines) is 1. The lowest BCUT2D eigenvalue weighted by Crippen LogP contribution is -2.34. The molecular weight excluding hydrogens is 561 g/mol. The molecule has 10 nitrogen and oxygen atoms in total. The number of nitrogens with two attached hydrogens (primary N) is 1. The van der Waals surface area contributed by atoms with Gasteiger partial charge in [0.25, 0.3) is 15.9 Å². The molecule has 2 aromatic carbocycles. The molecule has 0 saturated carbocycles. The van der Waals surface area contributed by atoms with Crippen molar-refractivity contribution in [2.45, 2.75) is 24.3 Å². The molecule has 1 unspecified atom stereocenters. The summed E-state index contributed by atoms with van der Waals surface area (Å²) in [6.07, 6.45) is 4.02. The number of aryl methyl sites for hydroxylation is 1. The molecule has 1 amide bonds. The van der Waals surface area contributed by atoms with Crippen molar-refractivity contribution in [1.29, 1.82) is 0 Å². The van der Waals surface area contributed by atoms with E-state index >= 15 is 0 Å². The predicted octanol–water partition coefficient (Wildman–Crippen LogP) is 4.17. The minimum atomic E-state index is -3.97. The summed E-state index contributed by atoms with van der Waals surface area (Å²) in [7, 11) is 0.0455. The molecule has 39 heavy (non-hydrogen) atoms. The van der Waals surface area contributed by atoms with Crippen molar-refractivity contribution >= 4 is 56.3 Å². The van der Waals surface area contributed by atoms with E-state index in [4.69, 9.17) is 28.9 Å². The molecule has 1 saturated heterocycles. The Morgan fingerprint density at radius 3 is 2.62 bits per heavy atom. The normalized spacial score (nSPS) is 15.8. The van der Waals surface area contributed by atoms with Gasteiger partial charge in [0.15, 0.2) is 5.65 Å². The summed E-state index contributed by atoms with van der Waals surface area (Å²) >= 11 is 12.1. The summed E-state index contributed by atoms with van der Waals surface area (Å²) in [6, 6.07) is 9.78. The average Bonchev–Trinajstić information content (AvgIpc) is 3.54. The van der Waals surface area contributed by atoms with Gasteiger partial charge >= 0.3 is 0 Å². The number of carbonyl (C=O) groups is 1. The Kier molecular flexibility index (Phi) is 7.19. The van der Waals surface area contributed by atoms with Crippen LogP contribution in [0.4, 0.5) is 11.5 Å². The lowest BCUT2D eigenvalue weighted by molar-refractivity contribution is 0.0784. The van der Waals surface area contributed by atoms with Crippen molar-refractivity contribution in [3.8, 4) is 11.1 Å². The van der Waals surface area contributed by atoms with Crippen LogP contribution in [-0.4, -0.2) is 71.9 Å². The highest BCUT2D eigenvalue weighted by Gasteiger charge is 2.30. The van der Waals surface area contributed by atoms with Crippen molar-refractivity contribution in [1.82, 2.24) is 24.4 Å². The summed E-state index contributed by atoms with van der Waals surface area (Å²) in [6.45, 7) is 3.15. The Balaban J connectivity index is 1.42. The first-order valence-corrected chi connectivity index (χ1v) is 14.4. The largest absolute Gasteiger partial charge is 0.383 e. The topological polar surface area (TPSA) is 126 Å². The number of nitrogens with zero attached hydrogens (tertiary/aromatic N) is 5. The van der Waals surface area contributed by atoms with Crippen LogP contribution in [-0.2, 0) is 10.0 Å². The summed E-state index contributed by atoms with van der Waals surface area (Å²) in [4.78, 5) is 21.6. The van der Waals surface area contributed by atoms with Gasteiger partial charge in [0.1, 0.15) is 16.3 Å². The molecule has 5 rings (SSSR count). The van der Waals surface area contributed by atoms with Gasteiger partial charge in [-0.05, 0) is 62.8 Å². The van der Waals surface area contributed by atoms with Crippen molar-refractivity contribution in [2.24, 2.45) is 0 Å². The van der Waals surface area contributed by atoms with Crippen LogP contribution in [0.3, 0.4) is 0 Å². The molecule has 1 aliphatic rings. The van der Waals surface area contributed by atoms with Gasteiger partial charge in [-0.2, -0.15) is 9.61 Å². The van der Waals surface area contributed by atoms with E-state index in [1.807, 2.05) is 25.9 Å². The Hall–Kier alpha value is -3.38. The van der Waals surface area contributed by atoms with Crippen molar-refractivity contribution in [3.63, 3.8) is 0 Å². The van der Waals surface area contributed by atoms with Crippen LogP contribution in [0.2, 0.25) is 10.0 Å². The number of benzene rings is 2. The van der Waals surface area contributed by atoms with E-state index < -0.39 is 10.0 Å². The Labute approximate surface area is 236 Å². The molecule has 0 radical (unpaired) electrons. The van der Waals surface area contributed by atoms with E-state index in [9.17, 15) is 13.2 Å². The molecule has 13 heteroatoms. The molecule has 0 aliphatic carbocycles. The molecule has 1 aliphatic heterocycles. The lowest BCUT2D eigenvalue weighted by atomic mass is 10.0. The molecule has 3 N–H and O–H groups in total. The highest BCUT2D eigenvalue weighted by molar-refractivity contribution is 7.92. The first-order valence-electron chi connectivity index (χ1n) is 12.1. The molecule has 4 aromatic rings. The van der Waals surface area contributed by atoms with Crippen molar-refractivity contribution in [3.05, 3.63) is 70.0 Å². The van der Waals surface area contributed by atoms with Crippen LogP contribution in [0.15, 0.2) is 53.7 Å². The minimum Gasteiger partial charge on any atom is -0.383 e. The zero-order chi connectivity index (χ0) is 28.1. The van der Waals surface area contributed by atoms with E-state index in [-0.39, 0.29) is 20.8 Å². The second-order valence-electron chi connectivity index (χ2n) is 9.70. The third-order valence-corrected chi connectivity index (χ3v) is 9.30. The second kappa shape index (κ2) is 10.3. The number of carbonyl (C=O) groups excluding carboxylic acids is 1. The minimum absolute atomic E-state index is 0.0496. The van der Waals surface area contributed by atoms with Gasteiger partial charge in [-0.3, -0.25) is 9.52 Å². The van der Waals surface area contributed by atoms with Gasteiger partial charge in [-0.15, -0.1) is 0 Å². The highest BCUT2D eigenvalue weighted by atomic mass is 35.5. The molecule has 3 heterocycles. The number of nitrogen functional groups attached to an aromatic ring is 1. The summed E-state index contributed by atoms with van der Waals surface area (Å²) in [5.41, 5.74) is 9.69. The Morgan fingerprint density at radius 1 is 1.15 bits per heavy atom. The smallest absolute Gasteiger partial charge is 0.263 e. The number of fused-ring (bicyclic) bond motifs is 1. The number of anilines is 2. The third kappa shape index (κ3) is 5.03. The van der Waals surface area contributed by atoms with E-state index in [2.05, 4.69) is 19.7 Å². The third-order valence-electron chi connectivity index (χ3n) is 6.95. The lowest BCUT2D eigenvalue weighted by Gasteiger charge is -2.20. The van der Waals surface area contributed by atoms with E-state index in [1.54, 1.807) is 24.4 Å². The van der Waals surface area contributed by atoms with E-state index in [0.29, 0.717) is 47.4 Å². The standard InChI is InChI=1S/C26H27Cl2N7O3S/c1-15-11-16(32-39(37,38)22-6-4-5-21(27)23(22)28)7-8-18(15)19-12-30-25-20(13-31-35(25)24(19)29)26(36)34-10-9-17(14-34)33(2)3/h4-8,11-13,17,32H,9-10,14,29H2,1-3H3. The van der Waals surface area contributed by atoms with Gasteiger partial charge in [0, 0.05) is 36.6 Å². The number of amides is 1. The molecule has 204 valence electrons. The summed E-state index contributed by atoms with van der Waals surface area (Å²) in [5, 5.41) is 4.45. The molecule has 1 atom stereocenters. The van der Waals surface area contributed by atoms with Gasteiger partial charge in [-0.25, -0.2) is 13.4 Å². The first-order chi connectivity index (χ1) is 18.5. The fraction of sp³-hybridized carbons (Fsp3) is 0.269. The van der Waals surface area contributed by atoms with Crippen LogP contribution in [0.25, 0.3) is 16.8 Å². The summed E-state index contributed by atoms with van der Waals surface area (Å²) < 4.78 is 29.8. The predicted molar refractivity (Wildman–Crippen MR) is 153 cm³/mol. The number of hydrogen-bond acceptors (Lipinski definition) is 7. The van der Waals surface area contributed by atoms with Gasteiger partial charge in [0.05, 0.1) is 16.2 Å². The van der Waals surface area contributed by atoms with Crippen LogP contribution < -0.4 is 10.5 Å². The number of sulfonamides is 1. The number of halogens is 2. The van der Waals surface area contributed by atoms with Crippen LogP contribution in [0, 0.1) is 6.92 Å². The van der Waals surface area contributed by atoms with Crippen molar-refractivity contribution < 1.29 is 13.2 Å². The second-order valence-corrected chi connectivity index (χ2v) is 12.1. The van der Waals surface area contributed by atoms with Crippen LogP contribution in [0.5, 0.6) is 0 Å². The maximum absolute atomic E-state index is 13.2. The van der Waals surface area contributed by atoms with Crippen LogP contribution in [0.1, 0.15) is 22.3 Å². The average molecular weight is 589 g/mol.